The number of ketones is 1. The number of aromatic amines is 1. The number of thiazole rings is 1. The zero-order valence-electron chi connectivity index (χ0n) is 7.56. The van der Waals surface area contributed by atoms with Gasteiger partial charge >= 0.3 is 0 Å². The molecule has 1 amide bonds. The van der Waals surface area contributed by atoms with Gasteiger partial charge in [-0.05, 0) is 6.07 Å². The fourth-order valence-electron chi connectivity index (χ4n) is 1.13. The number of Topliss-reactive ketones (excluding diaryl/α,β-unsaturated/α-hetero) is 1. The van der Waals surface area contributed by atoms with Crippen LogP contribution in [0, 0.1) is 0 Å². The lowest BCUT2D eigenvalue weighted by Crippen LogP contribution is -2.13. The minimum Gasteiger partial charge on any atom is -0.357 e. The second-order valence-electron chi connectivity index (χ2n) is 2.73. The van der Waals surface area contributed by atoms with Crippen molar-refractivity contribution in [2.24, 2.45) is 0 Å². The Kier molecular flexibility index (Phi) is 2.59. The molecule has 0 saturated heterocycles. The van der Waals surface area contributed by atoms with E-state index in [0.717, 1.165) is 0 Å². The highest BCUT2D eigenvalue weighted by Crippen LogP contribution is 2.19. The molecule has 1 aliphatic rings. The van der Waals surface area contributed by atoms with Crippen molar-refractivity contribution >= 4 is 28.7 Å². The van der Waals surface area contributed by atoms with E-state index in [0.29, 0.717) is 11.4 Å². The maximum atomic E-state index is 10.8. The summed E-state index contributed by atoms with van der Waals surface area (Å²) in [4.78, 5) is 27.8. The van der Waals surface area contributed by atoms with Crippen LogP contribution in [0.25, 0.3) is 0 Å². The van der Waals surface area contributed by atoms with Gasteiger partial charge in [0.15, 0.2) is 0 Å². The standard InChI is InChI=1S/C6H4N2O2.C3H3NS/c9-5-4-3(1-2-7-4)8-6(5)10;1-2-5-3-4-1/h1-2,7H,(H,8,9,10);1-3H. The smallest absolute Gasteiger partial charge is 0.298 e. The molecule has 0 aromatic carbocycles. The Morgan fingerprint density at radius 2 is 2.20 bits per heavy atom. The van der Waals surface area contributed by atoms with Crippen LogP contribution >= 0.6 is 11.3 Å². The molecule has 0 radical (unpaired) electrons. The molecule has 0 bridgehead atoms. The van der Waals surface area contributed by atoms with Crippen LogP contribution in [0.1, 0.15) is 10.5 Å². The van der Waals surface area contributed by atoms with Crippen molar-refractivity contribution < 1.29 is 9.59 Å². The molecule has 6 heteroatoms. The number of carbonyl (C=O) groups excluding carboxylic acids is 2. The lowest BCUT2D eigenvalue weighted by Gasteiger charge is -1.83. The van der Waals surface area contributed by atoms with Crippen LogP contribution in [-0.4, -0.2) is 21.7 Å². The van der Waals surface area contributed by atoms with E-state index in [-0.39, 0.29) is 0 Å². The van der Waals surface area contributed by atoms with Gasteiger partial charge in [0.1, 0.15) is 5.69 Å². The summed E-state index contributed by atoms with van der Waals surface area (Å²) in [5.41, 5.74) is 2.74. The average molecular weight is 221 g/mol. The largest absolute Gasteiger partial charge is 0.357 e. The Morgan fingerprint density at radius 3 is 2.73 bits per heavy atom. The molecule has 0 saturated carbocycles. The second kappa shape index (κ2) is 4.05. The van der Waals surface area contributed by atoms with E-state index in [1.54, 1.807) is 35.3 Å². The number of carbonyl (C=O) groups is 2. The molecule has 0 aliphatic carbocycles. The summed E-state index contributed by atoms with van der Waals surface area (Å²) in [6, 6.07) is 1.65. The van der Waals surface area contributed by atoms with E-state index in [1.807, 2.05) is 5.38 Å². The minimum absolute atomic E-state index is 0.366. The van der Waals surface area contributed by atoms with Gasteiger partial charge in [0, 0.05) is 17.8 Å². The van der Waals surface area contributed by atoms with Gasteiger partial charge in [-0.3, -0.25) is 14.6 Å². The van der Waals surface area contributed by atoms with E-state index in [9.17, 15) is 9.59 Å². The maximum Gasteiger partial charge on any atom is 0.298 e. The lowest BCUT2D eigenvalue weighted by atomic mass is 10.3. The summed E-state index contributed by atoms with van der Waals surface area (Å²) in [5.74, 6) is -1.04. The molecule has 2 N–H and O–H groups in total. The number of nitrogens with one attached hydrogen (secondary N) is 2. The van der Waals surface area contributed by atoms with Crippen LogP contribution < -0.4 is 5.32 Å². The molecule has 0 atom stereocenters. The zero-order valence-corrected chi connectivity index (χ0v) is 8.38. The Morgan fingerprint density at radius 1 is 1.33 bits per heavy atom. The fraction of sp³-hybridized carbons (Fsp3) is 0. The van der Waals surface area contributed by atoms with Crippen molar-refractivity contribution in [2.75, 3.05) is 5.32 Å². The van der Waals surface area contributed by atoms with Gasteiger partial charge in [-0.2, -0.15) is 0 Å². The molecule has 0 unspecified atom stereocenters. The highest BCUT2D eigenvalue weighted by atomic mass is 32.1. The Bertz CT molecular complexity index is 458. The second-order valence-corrected chi connectivity index (χ2v) is 3.48. The summed E-state index contributed by atoms with van der Waals surface area (Å²) in [7, 11) is 0. The number of rotatable bonds is 0. The van der Waals surface area contributed by atoms with Crippen molar-refractivity contribution in [1.82, 2.24) is 9.97 Å². The molecule has 0 spiro atoms. The normalized spacial score (nSPS) is 12.8. The highest BCUT2D eigenvalue weighted by Gasteiger charge is 2.28. The Labute approximate surface area is 89.2 Å². The average Bonchev–Trinajstić information content (AvgIpc) is 2.91. The highest BCUT2D eigenvalue weighted by molar-refractivity contribution is 7.07. The van der Waals surface area contributed by atoms with Gasteiger partial charge in [0.05, 0.1) is 11.2 Å². The summed E-state index contributed by atoms with van der Waals surface area (Å²) in [6.07, 6.45) is 3.38. The zero-order chi connectivity index (χ0) is 10.7. The predicted octanol–water partition coefficient (Wildman–Crippen LogP) is 1.29. The number of H-pyrrole nitrogens is 1. The number of anilines is 1. The van der Waals surface area contributed by atoms with Crippen molar-refractivity contribution in [3.05, 3.63) is 35.0 Å². The molecule has 3 rings (SSSR count). The Balaban J connectivity index is 0.000000144. The first-order valence-corrected chi connectivity index (χ1v) is 5.08. The third kappa shape index (κ3) is 1.94. The molecule has 2 aromatic heterocycles. The monoisotopic (exact) mass is 221 g/mol. The molecule has 3 heterocycles. The van der Waals surface area contributed by atoms with Crippen LogP contribution in [0.3, 0.4) is 0 Å². The maximum absolute atomic E-state index is 10.8. The Hall–Kier alpha value is -1.95. The van der Waals surface area contributed by atoms with Crippen LogP contribution in [0.2, 0.25) is 0 Å². The molecule has 5 nitrogen and oxygen atoms in total. The fourth-order valence-corrected chi connectivity index (χ4v) is 1.48. The number of aromatic nitrogens is 2. The van der Waals surface area contributed by atoms with Gasteiger partial charge in [0.25, 0.3) is 11.7 Å². The molecular weight excluding hydrogens is 214 g/mol. The number of amides is 1. The van der Waals surface area contributed by atoms with Crippen LogP contribution in [0.5, 0.6) is 0 Å². The summed E-state index contributed by atoms with van der Waals surface area (Å²) < 4.78 is 0. The number of fused-ring (bicyclic) bond motifs is 1. The molecule has 15 heavy (non-hydrogen) atoms. The lowest BCUT2D eigenvalue weighted by molar-refractivity contribution is -0.112. The quantitative estimate of drug-likeness (QED) is 0.658. The minimum atomic E-state index is -0.554. The van der Waals surface area contributed by atoms with Gasteiger partial charge in [-0.1, -0.05) is 0 Å². The number of hydrogen-bond donors (Lipinski definition) is 2. The number of nitrogens with zero attached hydrogens (tertiary/aromatic N) is 1. The van der Waals surface area contributed by atoms with E-state index < -0.39 is 11.7 Å². The van der Waals surface area contributed by atoms with E-state index in [1.165, 1.54) is 0 Å². The molecule has 76 valence electrons. The van der Waals surface area contributed by atoms with Crippen LogP contribution in [-0.2, 0) is 4.79 Å². The topological polar surface area (TPSA) is 74.8 Å². The summed E-state index contributed by atoms with van der Waals surface area (Å²) in [5, 5.41) is 4.34. The molecule has 2 aromatic rings. The first kappa shape index (κ1) is 9.60. The summed E-state index contributed by atoms with van der Waals surface area (Å²) in [6.45, 7) is 0. The van der Waals surface area contributed by atoms with E-state index in [2.05, 4.69) is 15.3 Å². The number of hydrogen-bond acceptors (Lipinski definition) is 4. The molecule has 1 aliphatic heterocycles. The van der Waals surface area contributed by atoms with Crippen LogP contribution in [0.4, 0.5) is 5.69 Å². The molecular formula is C9H7N3O2S. The van der Waals surface area contributed by atoms with E-state index >= 15 is 0 Å². The van der Waals surface area contributed by atoms with Crippen molar-refractivity contribution in [1.29, 1.82) is 0 Å². The van der Waals surface area contributed by atoms with Gasteiger partial charge in [0.2, 0.25) is 0 Å². The van der Waals surface area contributed by atoms with Gasteiger partial charge in [-0.15, -0.1) is 11.3 Å². The third-order valence-corrected chi connectivity index (χ3v) is 2.30. The van der Waals surface area contributed by atoms with Crippen molar-refractivity contribution in [3.8, 4) is 0 Å². The first-order valence-electron chi connectivity index (χ1n) is 4.14. The SMILES string of the molecule is O=C1Nc2cc[nH]c2C1=O.c1cscn1. The third-order valence-electron chi connectivity index (χ3n) is 1.78. The van der Waals surface area contributed by atoms with E-state index in [4.69, 9.17) is 0 Å². The first-order chi connectivity index (χ1) is 7.29. The predicted molar refractivity (Wildman–Crippen MR) is 55.9 cm³/mol. The van der Waals surface area contributed by atoms with Crippen molar-refractivity contribution in [2.45, 2.75) is 0 Å². The van der Waals surface area contributed by atoms with Gasteiger partial charge < -0.3 is 10.3 Å². The van der Waals surface area contributed by atoms with Crippen LogP contribution in [0.15, 0.2) is 29.4 Å². The molecule has 0 fully saturated rings. The van der Waals surface area contributed by atoms with Crippen molar-refractivity contribution in [3.63, 3.8) is 0 Å². The summed E-state index contributed by atoms with van der Waals surface area (Å²) >= 11 is 1.60. The van der Waals surface area contributed by atoms with Gasteiger partial charge in [-0.25, -0.2) is 0 Å².